The van der Waals surface area contributed by atoms with E-state index >= 15 is 0 Å². The lowest BCUT2D eigenvalue weighted by molar-refractivity contribution is -0.140. The summed E-state index contributed by atoms with van der Waals surface area (Å²) in [6, 6.07) is 7.85. The van der Waals surface area contributed by atoms with E-state index in [2.05, 4.69) is 9.88 Å². The molecule has 2 saturated heterocycles. The van der Waals surface area contributed by atoms with Crippen molar-refractivity contribution in [3.8, 4) is 11.5 Å². The van der Waals surface area contributed by atoms with Gasteiger partial charge in [-0.1, -0.05) is 6.07 Å². The molecule has 4 heterocycles. The quantitative estimate of drug-likeness (QED) is 0.393. The number of benzene rings is 1. The summed E-state index contributed by atoms with van der Waals surface area (Å²) in [6.07, 6.45) is 3.96. The molecule has 2 fully saturated rings. The monoisotopic (exact) mass is 465 g/mol. The van der Waals surface area contributed by atoms with Gasteiger partial charge >= 0.3 is 0 Å². The second kappa shape index (κ2) is 9.82. The van der Waals surface area contributed by atoms with E-state index in [0.29, 0.717) is 62.0 Å². The highest BCUT2D eigenvalue weighted by atomic mass is 16.6. The summed E-state index contributed by atoms with van der Waals surface area (Å²) in [5.74, 6) is -0.481. The van der Waals surface area contributed by atoms with Crippen molar-refractivity contribution in [3.05, 3.63) is 59.4 Å². The number of aliphatic hydroxyl groups excluding tert-OH is 1. The predicted molar refractivity (Wildman–Crippen MR) is 123 cm³/mol. The van der Waals surface area contributed by atoms with Gasteiger partial charge in [-0.25, -0.2) is 0 Å². The molecule has 1 aromatic carbocycles. The fourth-order valence-corrected chi connectivity index (χ4v) is 4.63. The number of nitrogens with zero attached hydrogens (tertiary/aromatic N) is 3. The van der Waals surface area contributed by atoms with Gasteiger partial charge in [-0.3, -0.25) is 19.5 Å². The number of carbonyl (C=O) groups excluding carboxylic acids is 2. The van der Waals surface area contributed by atoms with E-state index in [1.807, 2.05) is 6.07 Å². The molecule has 3 aliphatic heterocycles. The van der Waals surface area contributed by atoms with Gasteiger partial charge in [0.05, 0.1) is 24.8 Å². The first kappa shape index (κ1) is 22.4. The summed E-state index contributed by atoms with van der Waals surface area (Å²) in [6.45, 7) is 5.17. The van der Waals surface area contributed by atoms with Crippen molar-refractivity contribution < 1.29 is 28.9 Å². The third-order valence-corrected chi connectivity index (χ3v) is 6.33. The number of fused-ring (bicyclic) bond motifs is 1. The maximum atomic E-state index is 13.2. The minimum Gasteiger partial charge on any atom is -0.507 e. The second-order valence-electron chi connectivity index (χ2n) is 8.44. The van der Waals surface area contributed by atoms with Gasteiger partial charge in [-0.05, 0) is 36.2 Å². The van der Waals surface area contributed by atoms with Crippen LogP contribution in [0.5, 0.6) is 11.5 Å². The number of likely N-dealkylation sites (tertiary alicyclic amines) is 1. The summed E-state index contributed by atoms with van der Waals surface area (Å²) >= 11 is 0. The molecule has 34 heavy (non-hydrogen) atoms. The van der Waals surface area contributed by atoms with Crippen LogP contribution in [0.4, 0.5) is 0 Å². The SMILES string of the molecule is O=C1C(=O)N(CCCN2CCOCC2)C(c2cccnc2)/C1=C(/O)c1ccc2c(c1)OCCO2. The molecule has 5 rings (SSSR count). The lowest BCUT2D eigenvalue weighted by atomic mass is 9.96. The Labute approximate surface area is 197 Å². The maximum Gasteiger partial charge on any atom is 0.295 e. The fourth-order valence-electron chi connectivity index (χ4n) is 4.63. The second-order valence-corrected chi connectivity index (χ2v) is 8.44. The molecule has 9 nitrogen and oxygen atoms in total. The van der Waals surface area contributed by atoms with Crippen molar-refractivity contribution in [2.24, 2.45) is 0 Å². The predicted octanol–water partition coefficient (Wildman–Crippen LogP) is 2.00. The number of hydrogen-bond acceptors (Lipinski definition) is 8. The Kier molecular flexibility index (Phi) is 6.46. The van der Waals surface area contributed by atoms with Gasteiger partial charge in [0.25, 0.3) is 11.7 Å². The van der Waals surface area contributed by atoms with E-state index < -0.39 is 17.7 Å². The van der Waals surface area contributed by atoms with Gasteiger partial charge in [0, 0.05) is 44.1 Å². The zero-order valence-electron chi connectivity index (χ0n) is 18.8. The number of morpholine rings is 1. The number of carbonyl (C=O) groups is 2. The smallest absolute Gasteiger partial charge is 0.295 e. The summed E-state index contributed by atoms with van der Waals surface area (Å²) < 4.78 is 16.6. The van der Waals surface area contributed by atoms with Gasteiger partial charge < -0.3 is 24.2 Å². The summed E-state index contributed by atoms with van der Waals surface area (Å²) in [7, 11) is 0. The van der Waals surface area contributed by atoms with E-state index in [1.54, 1.807) is 41.6 Å². The Bertz CT molecular complexity index is 1100. The Hall–Kier alpha value is -3.43. The molecule has 1 amide bonds. The third kappa shape index (κ3) is 4.36. The molecule has 0 spiro atoms. The number of pyridine rings is 1. The largest absolute Gasteiger partial charge is 0.507 e. The number of aliphatic hydroxyl groups is 1. The van der Waals surface area contributed by atoms with Crippen molar-refractivity contribution in [3.63, 3.8) is 0 Å². The number of Topliss-reactive ketones (excluding diaryl/α,β-unsaturated/α-hetero) is 1. The average molecular weight is 466 g/mol. The van der Waals surface area contributed by atoms with Crippen LogP contribution in [0.2, 0.25) is 0 Å². The first-order valence-electron chi connectivity index (χ1n) is 11.5. The van der Waals surface area contributed by atoms with Crippen molar-refractivity contribution in [1.82, 2.24) is 14.8 Å². The first-order chi connectivity index (χ1) is 16.6. The highest BCUT2D eigenvalue weighted by molar-refractivity contribution is 6.46. The number of rotatable bonds is 6. The minimum atomic E-state index is -0.716. The van der Waals surface area contributed by atoms with Crippen LogP contribution in [-0.4, -0.2) is 84.2 Å². The molecule has 1 N–H and O–H groups in total. The van der Waals surface area contributed by atoms with E-state index in [-0.39, 0.29) is 11.3 Å². The molecule has 0 bridgehead atoms. The van der Waals surface area contributed by atoms with Crippen LogP contribution in [-0.2, 0) is 14.3 Å². The maximum absolute atomic E-state index is 13.2. The number of amides is 1. The summed E-state index contributed by atoms with van der Waals surface area (Å²) in [5, 5.41) is 11.2. The molecule has 2 aromatic rings. The lowest BCUT2D eigenvalue weighted by Gasteiger charge is -2.29. The molecule has 1 atom stereocenters. The van der Waals surface area contributed by atoms with Crippen LogP contribution in [0.1, 0.15) is 23.6 Å². The van der Waals surface area contributed by atoms with Gasteiger partial charge in [0.1, 0.15) is 19.0 Å². The summed E-state index contributed by atoms with van der Waals surface area (Å²) in [4.78, 5) is 34.2. The van der Waals surface area contributed by atoms with Crippen molar-refractivity contribution in [2.45, 2.75) is 12.5 Å². The molecule has 0 aliphatic carbocycles. The number of aromatic nitrogens is 1. The average Bonchev–Trinajstić information content (AvgIpc) is 3.14. The van der Waals surface area contributed by atoms with Gasteiger partial charge in [-0.15, -0.1) is 0 Å². The molecule has 178 valence electrons. The zero-order chi connectivity index (χ0) is 23.5. The van der Waals surface area contributed by atoms with E-state index in [0.717, 1.165) is 19.6 Å². The number of hydrogen-bond donors (Lipinski definition) is 1. The molecule has 9 heteroatoms. The van der Waals surface area contributed by atoms with E-state index in [4.69, 9.17) is 14.2 Å². The standard InChI is InChI=1S/C25H27N3O6/c29-23(17-4-5-19-20(15-17)34-14-13-33-19)21-22(18-3-1-6-26-16-18)28(25(31)24(21)30)8-2-7-27-9-11-32-12-10-27/h1,3-6,15-16,22,29H,2,7-14H2/b23-21-. The summed E-state index contributed by atoms with van der Waals surface area (Å²) in [5.41, 5.74) is 1.12. The molecule has 0 saturated carbocycles. The van der Waals surface area contributed by atoms with Crippen LogP contribution < -0.4 is 9.47 Å². The number of ketones is 1. The van der Waals surface area contributed by atoms with Crippen molar-refractivity contribution in [2.75, 3.05) is 52.6 Å². The van der Waals surface area contributed by atoms with E-state index in [1.165, 1.54) is 0 Å². The normalized spacial score (nSPS) is 22.2. The Morgan fingerprint density at radius 1 is 1.03 bits per heavy atom. The van der Waals surface area contributed by atoms with Crippen molar-refractivity contribution >= 4 is 17.4 Å². The molecule has 3 aliphatic rings. The fraction of sp³-hybridized carbons (Fsp3) is 0.400. The highest BCUT2D eigenvalue weighted by Gasteiger charge is 2.46. The lowest BCUT2D eigenvalue weighted by Crippen LogP contribution is -2.39. The van der Waals surface area contributed by atoms with Crippen LogP contribution in [0.25, 0.3) is 5.76 Å². The first-order valence-corrected chi connectivity index (χ1v) is 11.5. The Balaban J connectivity index is 1.46. The minimum absolute atomic E-state index is 0.0565. The van der Waals surface area contributed by atoms with Crippen LogP contribution >= 0.6 is 0 Å². The molecule has 0 radical (unpaired) electrons. The Morgan fingerprint density at radius 3 is 2.59 bits per heavy atom. The van der Waals surface area contributed by atoms with E-state index in [9.17, 15) is 14.7 Å². The molecule has 1 aromatic heterocycles. The van der Waals surface area contributed by atoms with Gasteiger partial charge in [0.2, 0.25) is 0 Å². The van der Waals surface area contributed by atoms with Crippen molar-refractivity contribution in [1.29, 1.82) is 0 Å². The topological polar surface area (TPSA) is 101 Å². The highest BCUT2D eigenvalue weighted by Crippen LogP contribution is 2.40. The van der Waals surface area contributed by atoms with Crippen LogP contribution in [0.15, 0.2) is 48.3 Å². The van der Waals surface area contributed by atoms with Gasteiger partial charge in [0.15, 0.2) is 11.5 Å². The number of ether oxygens (including phenoxy) is 3. The third-order valence-electron chi connectivity index (χ3n) is 6.33. The Morgan fingerprint density at radius 2 is 1.82 bits per heavy atom. The molecular formula is C25H27N3O6. The zero-order valence-corrected chi connectivity index (χ0v) is 18.8. The van der Waals surface area contributed by atoms with Crippen LogP contribution in [0, 0.1) is 0 Å². The molecular weight excluding hydrogens is 438 g/mol. The van der Waals surface area contributed by atoms with Gasteiger partial charge in [-0.2, -0.15) is 0 Å². The molecule has 1 unspecified atom stereocenters. The van der Waals surface area contributed by atoms with Crippen LogP contribution in [0.3, 0.4) is 0 Å².